The number of pyridine rings is 1. The maximum Gasteiger partial charge on any atom is 0.265 e. The predicted molar refractivity (Wildman–Crippen MR) is 64.2 cm³/mol. The zero-order valence-electron chi connectivity index (χ0n) is 6.20. The minimum atomic E-state index is -2.47. The highest BCUT2D eigenvalue weighted by molar-refractivity contribution is 14.1. The molecule has 1 rings (SSSR count). The highest BCUT2D eigenvalue weighted by Gasteiger charge is 2.15. The Morgan fingerprint density at radius 2 is 2.08 bits per heavy atom. The number of hydrogen-bond donors (Lipinski definition) is 0. The van der Waals surface area contributed by atoms with E-state index in [0.717, 1.165) is 0 Å². The van der Waals surface area contributed by atoms with Crippen molar-refractivity contribution in [1.29, 1.82) is 0 Å². The molecule has 0 aliphatic heterocycles. The first-order chi connectivity index (χ1) is 6.06. The van der Waals surface area contributed by atoms with Gasteiger partial charge in [0.2, 0.25) is 0 Å². The van der Waals surface area contributed by atoms with E-state index < -0.39 is 6.43 Å². The Labute approximate surface area is 107 Å². The van der Waals surface area contributed by atoms with Crippen LogP contribution >= 0.6 is 56.8 Å². The molecule has 1 aromatic rings. The standard InChI is InChI=1S/C7H4ClF2I2N/c8-2-3-1-4(6(9)10)5(11)7(12)13-3/h1,6H,2H2. The third kappa shape index (κ3) is 2.85. The number of alkyl halides is 3. The van der Waals surface area contributed by atoms with Gasteiger partial charge in [0.25, 0.3) is 6.43 Å². The molecule has 0 saturated heterocycles. The lowest BCUT2D eigenvalue weighted by Gasteiger charge is -2.06. The molecule has 0 spiro atoms. The van der Waals surface area contributed by atoms with Crippen LogP contribution in [-0.4, -0.2) is 4.98 Å². The summed E-state index contributed by atoms with van der Waals surface area (Å²) in [6.45, 7) is 0. The fourth-order valence-corrected chi connectivity index (χ4v) is 2.07. The van der Waals surface area contributed by atoms with Crippen LogP contribution in [0.25, 0.3) is 0 Å². The zero-order valence-corrected chi connectivity index (χ0v) is 11.3. The van der Waals surface area contributed by atoms with Gasteiger partial charge >= 0.3 is 0 Å². The average Bonchev–Trinajstić information content (AvgIpc) is 2.09. The van der Waals surface area contributed by atoms with Gasteiger partial charge in [-0.2, -0.15) is 0 Å². The van der Waals surface area contributed by atoms with E-state index >= 15 is 0 Å². The molecule has 0 N–H and O–H groups in total. The van der Waals surface area contributed by atoms with Gasteiger partial charge in [-0.15, -0.1) is 11.6 Å². The van der Waals surface area contributed by atoms with Crippen LogP contribution in [0, 0.1) is 7.27 Å². The first-order valence-corrected chi connectivity index (χ1v) is 5.94. The molecular formula is C7H4ClF2I2N. The van der Waals surface area contributed by atoms with Crippen molar-refractivity contribution in [1.82, 2.24) is 4.98 Å². The van der Waals surface area contributed by atoms with Gasteiger partial charge in [-0.3, -0.25) is 0 Å². The number of rotatable bonds is 2. The summed E-state index contributed by atoms with van der Waals surface area (Å²) in [5, 5.41) is 0. The van der Waals surface area contributed by atoms with E-state index in [9.17, 15) is 8.78 Å². The highest BCUT2D eigenvalue weighted by Crippen LogP contribution is 2.27. The summed E-state index contributed by atoms with van der Waals surface area (Å²) < 4.78 is 26.0. The maximum absolute atomic E-state index is 12.4. The van der Waals surface area contributed by atoms with Crippen LogP contribution in [0.4, 0.5) is 8.78 Å². The van der Waals surface area contributed by atoms with Crippen LogP contribution in [-0.2, 0) is 5.88 Å². The van der Waals surface area contributed by atoms with Crippen molar-refractivity contribution in [2.75, 3.05) is 0 Å². The summed E-state index contributed by atoms with van der Waals surface area (Å²) in [6, 6.07) is 1.35. The molecule has 0 radical (unpaired) electrons. The normalized spacial score (nSPS) is 10.9. The molecule has 1 heterocycles. The molecular weight excluding hydrogens is 425 g/mol. The Balaban J connectivity index is 3.25. The molecule has 0 aromatic carbocycles. The SMILES string of the molecule is FC(F)c1cc(CCl)nc(I)c1I. The summed E-state index contributed by atoms with van der Waals surface area (Å²) >= 11 is 9.30. The van der Waals surface area contributed by atoms with Crippen LogP contribution in [0.1, 0.15) is 17.7 Å². The zero-order chi connectivity index (χ0) is 10.0. The Kier molecular flexibility index (Phi) is 4.56. The third-order valence-electron chi connectivity index (χ3n) is 1.37. The van der Waals surface area contributed by atoms with Crippen molar-refractivity contribution in [3.8, 4) is 0 Å². The summed E-state index contributed by atoms with van der Waals surface area (Å²) in [5.74, 6) is 0.159. The Hall–Kier alpha value is 0.760. The van der Waals surface area contributed by atoms with E-state index in [-0.39, 0.29) is 11.4 Å². The molecule has 0 saturated carbocycles. The summed E-state index contributed by atoms with van der Waals surface area (Å²) in [5.41, 5.74) is 0.498. The van der Waals surface area contributed by atoms with Gasteiger partial charge in [-0.05, 0) is 51.2 Å². The third-order valence-corrected chi connectivity index (χ3v) is 4.59. The summed E-state index contributed by atoms with van der Waals surface area (Å²) in [6.07, 6.45) is -2.47. The van der Waals surface area contributed by atoms with Gasteiger partial charge in [-0.1, -0.05) is 0 Å². The van der Waals surface area contributed by atoms with E-state index in [4.69, 9.17) is 11.6 Å². The summed E-state index contributed by atoms with van der Waals surface area (Å²) in [4.78, 5) is 4.05. The minimum Gasteiger partial charge on any atom is -0.244 e. The number of nitrogens with zero attached hydrogens (tertiary/aromatic N) is 1. The number of aromatic nitrogens is 1. The molecule has 0 aliphatic rings. The van der Waals surface area contributed by atoms with Gasteiger partial charge < -0.3 is 0 Å². The second-order valence-corrected chi connectivity index (χ2v) is 4.61. The average molecular weight is 429 g/mol. The van der Waals surface area contributed by atoms with Crippen LogP contribution in [0.15, 0.2) is 6.07 Å². The lowest BCUT2D eigenvalue weighted by Crippen LogP contribution is -1.99. The predicted octanol–water partition coefficient (Wildman–Crippen LogP) is 3.97. The van der Waals surface area contributed by atoms with Gasteiger partial charge in [0.1, 0.15) is 3.70 Å². The quantitative estimate of drug-likeness (QED) is 0.394. The molecule has 0 atom stereocenters. The number of hydrogen-bond acceptors (Lipinski definition) is 1. The van der Waals surface area contributed by atoms with Crippen LogP contribution in [0.3, 0.4) is 0 Å². The van der Waals surface area contributed by atoms with Crippen molar-refractivity contribution < 1.29 is 8.78 Å². The molecule has 1 nitrogen and oxygen atoms in total. The van der Waals surface area contributed by atoms with Crippen LogP contribution < -0.4 is 0 Å². The Morgan fingerprint density at radius 1 is 1.46 bits per heavy atom. The minimum absolute atomic E-state index is 0.00986. The van der Waals surface area contributed by atoms with E-state index in [1.54, 1.807) is 0 Å². The lowest BCUT2D eigenvalue weighted by atomic mass is 10.2. The smallest absolute Gasteiger partial charge is 0.244 e. The van der Waals surface area contributed by atoms with Crippen molar-refractivity contribution in [2.45, 2.75) is 12.3 Å². The fourth-order valence-electron chi connectivity index (χ4n) is 0.797. The largest absolute Gasteiger partial charge is 0.265 e. The van der Waals surface area contributed by atoms with E-state index in [2.05, 4.69) is 4.98 Å². The first kappa shape index (κ1) is 11.8. The maximum atomic E-state index is 12.4. The molecule has 0 bridgehead atoms. The van der Waals surface area contributed by atoms with Crippen LogP contribution in [0.5, 0.6) is 0 Å². The van der Waals surface area contributed by atoms with Gasteiger partial charge in [-0.25, -0.2) is 13.8 Å². The Morgan fingerprint density at radius 3 is 2.54 bits per heavy atom. The van der Waals surface area contributed by atoms with Crippen molar-refractivity contribution >= 4 is 56.8 Å². The first-order valence-electron chi connectivity index (χ1n) is 3.25. The molecule has 0 amide bonds. The summed E-state index contributed by atoms with van der Waals surface area (Å²) in [7, 11) is 0. The van der Waals surface area contributed by atoms with Gasteiger partial charge in [0, 0.05) is 5.56 Å². The number of halogens is 5. The molecule has 0 aliphatic carbocycles. The molecule has 6 heteroatoms. The molecule has 1 aromatic heterocycles. The van der Waals surface area contributed by atoms with E-state index in [0.29, 0.717) is 13.0 Å². The van der Waals surface area contributed by atoms with E-state index in [1.165, 1.54) is 6.07 Å². The second-order valence-electron chi connectivity index (χ2n) is 2.24. The molecule has 0 fully saturated rings. The van der Waals surface area contributed by atoms with Crippen molar-refractivity contribution in [2.24, 2.45) is 0 Å². The Bertz CT molecular complexity index is 320. The fraction of sp³-hybridized carbons (Fsp3) is 0.286. The van der Waals surface area contributed by atoms with Crippen LogP contribution in [0.2, 0.25) is 0 Å². The molecule has 13 heavy (non-hydrogen) atoms. The molecule has 72 valence electrons. The van der Waals surface area contributed by atoms with Gasteiger partial charge in [0.05, 0.1) is 15.1 Å². The van der Waals surface area contributed by atoms with E-state index in [1.807, 2.05) is 45.2 Å². The second kappa shape index (κ2) is 5.01. The topological polar surface area (TPSA) is 12.9 Å². The monoisotopic (exact) mass is 429 g/mol. The van der Waals surface area contributed by atoms with Crippen molar-refractivity contribution in [3.05, 3.63) is 24.6 Å². The molecule has 0 unspecified atom stereocenters. The lowest BCUT2D eigenvalue weighted by molar-refractivity contribution is 0.150. The van der Waals surface area contributed by atoms with Crippen molar-refractivity contribution in [3.63, 3.8) is 0 Å². The van der Waals surface area contributed by atoms with Gasteiger partial charge in [0.15, 0.2) is 0 Å². The highest BCUT2D eigenvalue weighted by atomic mass is 127.